The summed E-state index contributed by atoms with van der Waals surface area (Å²) < 4.78 is 1.78. The molecule has 0 aliphatic carbocycles. The molecule has 0 saturated heterocycles. The predicted molar refractivity (Wildman–Crippen MR) is 61.6 cm³/mol. The van der Waals surface area contributed by atoms with Crippen LogP contribution in [0.5, 0.6) is 0 Å². The van der Waals surface area contributed by atoms with Crippen LogP contribution >= 0.6 is 0 Å². The largest absolute Gasteiger partial charge is 0.298 e. The van der Waals surface area contributed by atoms with E-state index in [-0.39, 0.29) is 0 Å². The first-order chi connectivity index (χ1) is 8.40. The molecule has 3 aromatic heterocycles. The Morgan fingerprint density at radius 3 is 2.88 bits per heavy atom. The minimum atomic E-state index is 0.523. The second-order valence-corrected chi connectivity index (χ2v) is 3.54. The summed E-state index contributed by atoms with van der Waals surface area (Å²) in [5, 5.41) is 8.11. The lowest BCUT2D eigenvalue weighted by Gasteiger charge is -1.99. The lowest BCUT2D eigenvalue weighted by molar-refractivity contribution is 0.112. The summed E-state index contributed by atoms with van der Waals surface area (Å²) in [7, 11) is 0. The zero-order chi connectivity index (χ0) is 11.7. The van der Waals surface area contributed by atoms with Crippen molar-refractivity contribution >= 4 is 11.9 Å². The van der Waals surface area contributed by atoms with E-state index in [0.717, 1.165) is 11.8 Å². The summed E-state index contributed by atoms with van der Waals surface area (Å²) in [6.45, 7) is 0. The van der Waals surface area contributed by atoms with Gasteiger partial charge in [-0.2, -0.15) is 0 Å². The van der Waals surface area contributed by atoms with Gasteiger partial charge >= 0.3 is 0 Å². The third kappa shape index (κ3) is 1.48. The van der Waals surface area contributed by atoms with Gasteiger partial charge in [-0.25, -0.2) is 0 Å². The van der Waals surface area contributed by atoms with Gasteiger partial charge in [0, 0.05) is 24.2 Å². The Kier molecular flexibility index (Phi) is 2.15. The SMILES string of the molecule is O=Cc1cccn2c(-c3cccnc3)nnc12. The molecule has 0 aliphatic rings. The van der Waals surface area contributed by atoms with E-state index in [1.807, 2.05) is 18.3 Å². The minimum absolute atomic E-state index is 0.523. The molecule has 0 amide bonds. The number of pyridine rings is 2. The van der Waals surface area contributed by atoms with Crippen LogP contribution in [0.4, 0.5) is 0 Å². The fraction of sp³-hybridized carbons (Fsp3) is 0. The Morgan fingerprint density at radius 1 is 1.18 bits per heavy atom. The maximum absolute atomic E-state index is 10.9. The highest BCUT2D eigenvalue weighted by Gasteiger charge is 2.09. The predicted octanol–water partition coefficient (Wildman–Crippen LogP) is 1.60. The highest BCUT2D eigenvalue weighted by Crippen LogP contribution is 2.17. The molecule has 3 rings (SSSR count). The lowest BCUT2D eigenvalue weighted by atomic mass is 10.2. The first-order valence-electron chi connectivity index (χ1n) is 5.09. The van der Waals surface area contributed by atoms with Gasteiger partial charge in [-0.3, -0.25) is 14.2 Å². The fourth-order valence-electron chi connectivity index (χ4n) is 1.72. The normalized spacial score (nSPS) is 10.6. The summed E-state index contributed by atoms with van der Waals surface area (Å²) in [5.74, 6) is 0.678. The molecule has 0 unspecified atom stereocenters. The van der Waals surface area contributed by atoms with Crippen LogP contribution in [0.15, 0.2) is 42.9 Å². The van der Waals surface area contributed by atoms with Gasteiger partial charge < -0.3 is 0 Å². The van der Waals surface area contributed by atoms with E-state index in [1.54, 1.807) is 28.9 Å². The van der Waals surface area contributed by atoms with E-state index in [2.05, 4.69) is 15.2 Å². The maximum Gasteiger partial charge on any atom is 0.171 e. The third-order valence-electron chi connectivity index (χ3n) is 2.51. The van der Waals surface area contributed by atoms with Gasteiger partial charge in [-0.1, -0.05) is 0 Å². The molecule has 17 heavy (non-hydrogen) atoms. The summed E-state index contributed by atoms with van der Waals surface area (Å²) in [6.07, 6.45) is 6.01. The molecule has 0 aromatic carbocycles. The number of fused-ring (bicyclic) bond motifs is 1. The van der Waals surface area contributed by atoms with Crippen molar-refractivity contribution in [3.8, 4) is 11.4 Å². The van der Waals surface area contributed by atoms with Crippen LogP contribution < -0.4 is 0 Å². The third-order valence-corrected chi connectivity index (χ3v) is 2.51. The Labute approximate surface area is 96.8 Å². The molecule has 3 aromatic rings. The van der Waals surface area contributed by atoms with Gasteiger partial charge in [0.25, 0.3) is 0 Å². The average Bonchev–Trinajstić information content (AvgIpc) is 2.83. The van der Waals surface area contributed by atoms with Crippen LogP contribution in [-0.2, 0) is 0 Å². The number of carbonyl (C=O) groups excluding carboxylic acids is 1. The highest BCUT2D eigenvalue weighted by molar-refractivity contribution is 5.84. The van der Waals surface area contributed by atoms with E-state index < -0.39 is 0 Å². The molecule has 82 valence electrons. The van der Waals surface area contributed by atoms with Crippen LogP contribution in [0.25, 0.3) is 17.0 Å². The Morgan fingerprint density at radius 2 is 2.12 bits per heavy atom. The average molecular weight is 224 g/mol. The number of nitrogens with zero attached hydrogens (tertiary/aromatic N) is 4. The summed E-state index contributed by atoms with van der Waals surface area (Å²) in [4.78, 5) is 14.9. The van der Waals surface area contributed by atoms with Crippen LogP contribution in [-0.4, -0.2) is 25.9 Å². The van der Waals surface area contributed by atoms with Crippen molar-refractivity contribution in [2.75, 3.05) is 0 Å². The van der Waals surface area contributed by atoms with Gasteiger partial charge in [0.2, 0.25) is 0 Å². The summed E-state index contributed by atoms with van der Waals surface area (Å²) >= 11 is 0. The van der Waals surface area contributed by atoms with Crippen LogP contribution in [0.1, 0.15) is 10.4 Å². The second kappa shape index (κ2) is 3.79. The summed E-state index contributed by atoms with van der Waals surface area (Å²) in [5.41, 5.74) is 1.94. The molecule has 0 radical (unpaired) electrons. The topological polar surface area (TPSA) is 60.2 Å². The quantitative estimate of drug-likeness (QED) is 0.620. The van der Waals surface area contributed by atoms with Crippen molar-refractivity contribution in [1.29, 1.82) is 0 Å². The minimum Gasteiger partial charge on any atom is -0.298 e. The molecular formula is C12H8N4O. The zero-order valence-corrected chi connectivity index (χ0v) is 8.82. The van der Waals surface area contributed by atoms with Gasteiger partial charge in [0.1, 0.15) is 0 Å². The molecule has 0 atom stereocenters. The molecular weight excluding hydrogens is 216 g/mol. The number of rotatable bonds is 2. The molecule has 0 aliphatic heterocycles. The summed E-state index contributed by atoms with van der Waals surface area (Å²) in [6, 6.07) is 7.24. The molecule has 0 fully saturated rings. The van der Waals surface area contributed by atoms with E-state index in [1.165, 1.54) is 0 Å². The Bertz CT molecular complexity index is 675. The van der Waals surface area contributed by atoms with E-state index in [4.69, 9.17) is 0 Å². The molecule has 5 nitrogen and oxygen atoms in total. The van der Waals surface area contributed by atoms with E-state index in [0.29, 0.717) is 17.0 Å². The van der Waals surface area contributed by atoms with Crippen molar-refractivity contribution in [3.63, 3.8) is 0 Å². The second-order valence-electron chi connectivity index (χ2n) is 3.54. The maximum atomic E-state index is 10.9. The first kappa shape index (κ1) is 9.65. The smallest absolute Gasteiger partial charge is 0.171 e. The van der Waals surface area contributed by atoms with Gasteiger partial charge in [0.05, 0.1) is 5.56 Å². The van der Waals surface area contributed by atoms with Crippen molar-refractivity contribution in [1.82, 2.24) is 19.6 Å². The van der Waals surface area contributed by atoms with Crippen molar-refractivity contribution in [2.45, 2.75) is 0 Å². The number of hydrogen-bond donors (Lipinski definition) is 0. The number of hydrogen-bond acceptors (Lipinski definition) is 4. The lowest BCUT2D eigenvalue weighted by Crippen LogP contribution is -1.92. The standard InChI is InChI=1S/C12H8N4O/c17-8-10-4-2-6-16-11(14-15-12(10)16)9-3-1-5-13-7-9/h1-8H. The molecule has 0 saturated carbocycles. The number of carbonyl (C=O) groups is 1. The fourth-order valence-corrected chi connectivity index (χ4v) is 1.72. The van der Waals surface area contributed by atoms with E-state index >= 15 is 0 Å². The number of aromatic nitrogens is 4. The highest BCUT2D eigenvalue weighted by atomic mass is 16.1. The van der Waals surface area contributed by atoms with Crippen molar-refractivity contribution < 1.29 is 4.79 Å². The van der Waals surface area contributed by atoms with Crippen LogP contribution in [0.2, 0.25) is 0 Å². The molecule has 0 spiro atoms. The van der Waals surface area contributed by atoms with Crippen molar-refractivity contribution in [3.05, 3.63) is 48.4 Å². The monoisotopic (exact) mass is 224 g/mol. The van der Waals surface area contributed by atoms with Crippen molar-refractivity contribution in [2.24, 2.45) is 0 Å². The van der Waals surface area contributed by atoms with Gasteiger partial charge in [-0.15, -0.1) is 10.2 Å². The van der Waals surface area contributed by atoms with E-state index in [9.17, 15) is 4.79 Å². The Hall–Kier alpha value is -2.56. The number of aldehydes is 1. The molecule has 0 bridgehead atoms. The molecule has 5 heteroatoms. The van der Waals surface area contributed by atoms with Crippen LogP contribution in [0.3, 0.4) is 0 Å². The Balaban J connectivity index is 2.30. The van der Waals surface area contributed by atoms with Crippen LogP contribution in [0, 0.1) is 0 Å². The molecule has 3 heterocycles. The van der Waals surface area contributed by atoms with Gasteiger partial charge in [-0.05, 0) is 24.3 Å². The molecule has 0 N–H and O–H groups in total. The first-order valence-corrected chi connectivity index (χ1v) is 5.09. The zero-order valence-electron chi connectivity index (χ0n) is 8.82. The van der Waals surface area contributed by atoms with Gasteiger partial charge in [0.15, 0.2) is 17.8 Å².